The number of rotatable bonds is 12. The average molecular weight is 822 g/mol. The molecular weight excluding hydrogens is 783 g/mol. The second kappa shape index (κ2) is 18.4. The number of ether oxygens (including phenoxy) is 4. The normalized spacial score (nSPS) is 17.4. The molecule has 3 amide bonds. The van der Waals surface area contributed by atoms with Crippen LogP contribution in [0.4, 0.5) is 46.0 Å². The standard InChI is InChI=1S/C36H39ClF7N5O7/c1-34(2,3)56-33(52)49-16-25(53-17-23(49)18-54-32(51)47-19-35(39,40)41)11-12-26-27(38)14-46-15-28(26)48-31(50)30(45)29(20-7-9-22(37)10-8-20)21-5-4-6-24(13-21)55-36(42,43)44/h4-10,13-15,23,25,29-30H,11-12,16-19,45H2,1-3H3,(H,47,51)(H,48,50)/t23-,25+,29-,30-/m0/s1. The van der Waals surface area contributed by atoms with Crippen molar-refractivity contribution in [2.45, 2.75) is 75.9 Å². The summed E-state index contributed by atoms with van der Waals surface area (Å²) in [7, 11) is 0. The van der Waals surface area contributed by atoms with Crippen molar-refractivity contribution in [3.05, 3.63) is 88.5 Å². The third-order valence-electron chi connectivity index (χ3n) is 8.15. The van der Waals surface area contributed by atoms with Gasteiger partial charge in [0.05, 0.1) is 49.4 Å². The minimum atomic E-state index is -4.98. The van der Waals surface area contributed by atoms with Crippen molar-refractivity contribution < 1.29 is 64.1 Å². The lowest BCUT2D eigenvalue weighted by atomic mass is 9.85. The number of alkyl carbamates (subject to hydrolysis) is 1. The molecule has 1 fully saturated rings. The number of hydrogen-bond acceptors (Lipinski definition) is 9. The Hall–Kier alpha value is -4.88. The van der Waals surface area contributed by atoms with Crippen LogP contribution >= 0.6 is 11.6 Å². The first-order valence-electron chi connectivity index (χ1n) is 17.0. The number of pyridine rings is 1. The molecule has 1 saturated heterocycles. The molecule has 0 unspecified atom stereocenters. The molecule has 2 heterocycles. The van der Waals surface area contributed by atoms with Crippen LogP contribution in [0.1, 0.15) is 49.8 Å². The minimum absolute atomic E-state index is 0.0108. The maximum Gasteiger partial charge on any atom is 0.573 e. The molecule has 4 N–H and O–H groups in total. The van der Waals surface area contributed by atoms with E-state index in [2.05, 4.69) is 15.0 Å². The van der Waals surface area contributed by atoms with Gasteiger partial charge in [0.1, 0.15) is 30.3 Å². The van der Waals surface area contributed by atoms with Gasteiger partial charge in [0.2, 0.25) is 5.91 Å². The second-order valence-electron chi connectivity index (χ2n) is 13.7. The Morgan fingerprint density at radius 2 is 1.73 bits per heavy atom. The van der Waals surface area contributed by atoms with Crippen LogP contribution in [-0.4, -0.2) is 90.6 Å². The molecule has 0 saturated carbocycles. The number of aromatic nitrogens is 1. The number of halogens is 8. The first kappa shape index (κ1) is 43.8. The number of benzene rings is 2. The summed E-state index contributed by atoms with van der Waals surface area (Å²) in [5.74, 6) is -3.22. The van der Waals surface area contributed by atoms with Gasteiger partial charge in [0, 0.05) is 16.5 Å². The quantitative estimate of drug-likeness (QED) is 0.163. The van der Waals surface area contributed by atoms with E-state index in [0.717, 1.165) is 18.3 Å². The number of nitrogens with one attached hydrogen (secondary N) is 2. The van der Waals surface area contributed by atoms with E-state index in [1.807, 2.05) is 0 Å². The van der Waals surface area contributed by atoms with Gasteiger partial charge < -0.3 is 35.3 Å². The third-order valence-corrected chi connectivity index (χ3v) is 8.41. The summed E-state index contributed by atoms with van der Waals surface area (Å²) in [6.07, 6.45) is -10.5. The number of amides is 3. The fraction of sp³-hybridized carbons (Fsp3) is 0.444. The van der Waals surface area contributed by atoms with Crippen LogP contribution in [0.3, 0.4) is 0 Å². The maximum atomic E-state index is 15.3. The summed E-state index contributed by atoms with van der Waals surface area (Å²) >= 11 is 6.05. The largest absolute Gasteiger partial charge is 0.573 e. The number of nitrogens with zero attached hydrogens (tertiary/aromatic N) is 2. The van der Waals surface area contributed by atoms with Gasteiger partial charge in [0.15, 0.2) is 0 Å². The van der Waals surface area contributed by atoms with Crippen molar-refractivity contribution in [2.75, 3.05) is 31.6 Å². The molecule has 1 aliphatic heterocycles. The van der Waals surface area contributed by atoms with Crippen LogP contribution in [0, 0.1) is 5.82 Å². The van der Waals surface area contributed by atoms with Gasteiger partial charge in [-0.25, -0.2) is 14.0 Å². The summed E-state index contributed by atoms with van der Waals surface area (Å²) < 4.78 is 112. The van der Waals surface area contributed by atoms with Crippen molar-refractivity contribution in [1.82, 2.24) is 15.2 Å². The van der Waals surface area contributed by atoms with Gasteiger partial charge in [-0.3, -0.25) is 14.7 Å². The molecule has 4 rings (SSSR count). The summed E-state index contributed by atoms with van der Waals surface area (Å²) in [6.45, 7) is 2.32. The molecule has 1 aromatic heterocycles. The van der Waals surface area contributed by atoms with Crippen LogP contribution in [0.2, 0.25) is 5.02 Å². The summed E-state index contributed by atoms with van der Waals surface area (Å²) in [6, 6.07) is 8.70. The summed E-state index contributed by atoms with van der Waals surface area (Å²) in [5.41, 5.74) is 6.07. The zero-order valence-electron chi connectivity index (χ0n) is 30.2. The van der Waals surface area contributed by atoms with Crippen LogP contribution in [0.25, 0.3) is 0 Å². The number of alkyl halides is 6. The topological polar surface area (TPSA) is 154 Å². The maximum absolute atomic E-state index is 15.3. The van der Waals surface area contributed by atoms with Crippen molar-refractivity contribution in [2.24, 2.45) is 5.73 Å². The Morgan fingerprint density at radius 3 is 2.38 bits per heavy atom. The molecular formula is C36H39ClF7N5O7. The molecule has 56 heavy (non-hydrogen) atoms. The van der Waals surface area contributed by atoms with Crippen molar-refractivity contribution in [1.29, 1.82) is 0 Å². The predicted octanol–water partition coefficient (Wildman–Crippen LogP) is 7.10. The minimum Gasteiger partial charge on any atom is -0.447 e. The van der Waals surface area contributed by atoms with Gasteiger partial charge in [-0.1, -0.05) is 35.9 Å². The predicted molar refractivity (Wildman–Crippen MR) is 187 cm³/mol. The molecule has 0 spiro atoms. The van der Waals surface area contributed by atoms with E-state index < -0.39 is 85.1 Å². The Labute approximate surface area is 321 Å². The van der Waals surface area contributed by atoms with E-state index in [1.165, 1.54) is 35.4 Å². The summed E-state index contributed by atoms with van der Waals surface area (Å²) in [5, 5.41) is 4.49. The third kappa shape index (κ3) is 13.4. The molecule has 20 heteroatoms. The molecule has 3 aromatic rings. The van der Waals surface area contributed by atoms with Crippen molar-refractivity contribution in [3.8, 4) is 5.75 Å². The Bertz CT molecular complexity index is 1830. The average Bonchev–Trinajstić information content (AvgIpc) is 3.09. The molecule has 2 aromatic carbocycles. The second-order valence-corrected chi connectivity index (χ2v) is 14.1. The highest BCUT2D eigenvalue weighted by Crippen LogP contribution is 2.33. The number of hydrogen-bond donors (Lipinski definition) is 3. The molecule has 306 valence electrons. The highest BCUT2D eigenvalue weighted by atomic mass is 35.5. The van der Waals surface area contributed by atoms with Gasteiger partial charge in [-0.15, -0.1) is 13.2 Å². The highest BCUT2D eigenvalue weighted by Gasteiger charge is 2.37. The monoisotopic (exact) mass is 821 g/mol. The number of nitrogens with two attached hydrogens (primary N) is 1. The summed E-state index contributed by atoms with van der Waals surface area (Å²) in [4.78, 5) is 43.8. The first-order valence-corrected chi connectivity index (χ1v) is 17.3. The van der Waals surface area contributed by atoms with Crippen molar-refractivity contribution in [3.63, 3.8) is 0 Å². The molecule has 1 aliphatic rings. The van der Waals surface area contributed by atoms with E-state index in [9.17, 15) is 40.7 Å². The van der Waals surface area contributed by atoms with Gasteiger partial charge in [-0.2, -0.15) is 13.2 Å². The van der Waals surface area contributed by atoms with Gasteiger partial charge in [0.25, 0.3) is 0 Å². The number of morpholine rings is 1. The Balaban J connectivity index is 1.50. The zero-order valence-corrected chi connectivity index (χ0v) is 30.9. The fourth-order valence-corrected chi connectivity index (χ4v) is 5.82. The van der Waals surface area contributed by atoms with E-state index in [1.54, 1.807) is 38.2 Å². The van der Waals surface area contributed by atoms with E-state index >= 15 is 4.39 Å². The number of carbonyl (C=O) groups is 3. The van der Waals surface area contributed by atoms with Gasteiger partial charge >= 0.3 is 24.7 Å². The highest BCUT2D eigenvalue weighted by molar-refractivity contribution is 6.30. The molecule has 4 atom stereocenters. The number of carbonyl (C=O) groups excluding carboxylic acids is 3. The lowest BCUT2D eigenvalue weighted by Crippen LogP contribution is -2.55. The van der Waals surface area contributed by atoms with Crippen LogP contribution in [0.15, 0.2) is 60.9 Å². The van der Waals surface area contributed by atoms with Crippen LogP contribution in [0.5, 0.6) is 5.75 Å². The SMILES string of the molecule is CC(C)(C)OC(=O)N1C[C@@H](CCc2c(F)cncc2NC(=O)[C@@H](N)[C@@H](c2ccc(Cl)cc2)c2cccc(OC(F)(F)F)c2)OC[C@H]1COC(=O)NCC(F)(F)F. The Morgan fingerprint density at radius 1 is 1.04 bits per heavy atom. The molecule has 0 bridgehead atoms. The van der Waals surface area contributed by atoms with Crippen LogP contribution < -0.4 is 21.1 Å². The smallest absolute Gasteiger partial charge is 0.447 e. The Kier molecular flexibility index (Phi) is 14.4. The lowest BCUT2D eigenvalue weighted by Gasteiger charge is -2.39. The number of anilines is 1. The van der Waals surface area contributed by atoms with E-state index in [0.29, 0.717) is 10.6 Å². The first-order chi connectivity index (χ1) is 26.1. The molecule has 0 radical (unpaired) electrons. The molecule has 12 nitrogen and oxygen atoms in total. The zero-order chi connectivity index (χ0) is 41.4. The molecule has 0 aliphatic carbocycles. The van der Waals surface area contributed by atoms with Crippen molar-refractivity contribution >= 4 is 35.4 Å². The lowest BCUT2D eigenvalue weighted by molar-refractivity contribution is -0.274. The van der Waals surface area contributed by atoms with Crippen LogP contribution in [-0.2, 0) is 25.4 Å². The van der Waals surface area contributed by atoms with Gasteiger partial charge in [-0.05, 0) is 69.0 Å². The van der Waals surface area contributed by atoms with E-state index in [4.69, 9.17) is 31.5 Å². The van der Waals surface area contributed by atoms with E-state index in [-0.39, 0.29) is 42.8 Å². The fourth-order valence-electron chi connectivity index (χ4n) is 5.69.